The number of nitrogens with zero attached hydrogens (tertiary/aromatic N) is 1. The number of benzene rings is 2. The van der Waals surface area contributed by atoms with Crippen molar-refractivity contribution >= 4 is 23.5 Å². The van der Waals surface area contributed by atoms with Crippen LogP contribution in [0.3, 0.4) is 0 Å². The lowest BCUT2D eigenvalue weighted by molar-refractivity contribution is 0.266. The summed E-state index contributed by atoms with van der Waals surface area (Å²) < 4.78 is 25.0. The molecular formula is C18H20FN3O2S. The Balaban J connectivity index is 2.10. The van der Waals surface area contributed by atoms with E-state index in [1.54, 1.807) is 43.6 Å². The van der Waals surface area contributed by atoms with Crippen LogP contribution in [0.5, 0.6) is 11.5 Å². The fourth-order valence-corrected chi connectivity index (χ4v) is 2.04. The Hall–Kier alpha value is -2.67. The van der Waals surface area contributed by atoms with E-state index in [1.807, 2.05) is 13.0 Å². The molecule has 0 atom stereocenters. The van der Waals surface area contributed by atoms with Crippen LogP contribution in [-0.4, -0.2) is 25.0 Å². The van der Waals surface area contributed by atoms with Gasteiger partial charge < -0.3 is 14.8 Å². The number of halogens is 1. The van der Waals surface area contributed by atoms with E-state index in [9.17, 15) is 4.39 Å². The number of hydrogen-bond donors (Lipinski definition) is 2. The molecule has 2 aromatic rings. The maximum absolute atomic E-state index is 13.7. The molecule has 0 heterocycles. The highest BCUT2D eigenvalue weighted by Gasteiger charge is 2.08. The molecule has 0 spiro atoms. The van der Waals surface area contributed by atoms with Crippen LogP contribution in [0.25, 0.3) is 0 Å². The maximum atomic E-state index is 13.7. The Morgan fingerprint density at radius 1 is 1.20 bits per heavy atom. The Labute approximate surface area is 151 Å². The minimum atomic E-state index is -0.296. The van der Waals surface area contributed by atoms with Crippen molar-refractivity contribution in [1.29, 1.82) is 0 Å². The van der Waals surface area contributed by atoms with Gasteiger partial charge >= 0.3 is 0 Å². The monoisotopic (exact) mass is 361 g/mol. The van der Waals surface area contributed by atoms with Crippen LogP contribution >= 0.6 is 12.2 Å². The maximum Gasteiger partial charge on any atom is 0.186 e. The van der Waals surface area contributed by atoms with Crippen molar-refractivity contribution in [1.82, 2.24) is 10.7 Å². The molecule has 25 heavy (non-hydrogen) atoms. The second-order valence-electron chi connectivity index (χ2n) is 4.97. The average Bonchev–Trinajstić information content (AvgIpc) is 2.62. The van der Waals surface area contributed by atoms with E-state index >= 15 is 0 Å². The minimum Gasteiger partial charge on any atom is -0.490 e. The molecule has 0 fully saturated rings. The number of hydrogen-bond acceptors (Lipinski definition) is 4. The SMILES string of the molecule is CCOc1cc(C=NNC(=S)NC)ccc1OCc1ccccc1F. The van der Waals surface area contributed by atoms with E-state index in [-0.39, 0.29) is 12.4 Å². The lowest BCUT2D eigenvalue weighted by atomic mass is 10.2. The van der Waals surface area contributed by atoms with Crippen LogP contribution in [0.15, 0.2) is 47.6 Å². The number of hydrazone groups is 1. The topological polar surface area (TPSA) is 54.9 Å². The zero-order valence-electron chi connectivity index (χ0n) is 14.1. The molecule has 0 aliphatic rings. The van der Waals surface area contributed by atoms with Gasteiger partial charge in [0.2, 0.25) is 0 Å². The summed E-state index contributed by atoms with van der Waals surface area (Å²) in [4.78, 5) is 0. The van der Waals surface area contributed by atoms with Gasteiger partial charge in [-0.3, -0.25) is 5.43 Å². The van der Waals surface area contributed by atoms with Gasteiger partial charge in [-0.1, -0.05) is 18.2 Å². The molecule has 7 heteroatoms. The first-order valence-electron chi connectivity index (χ1n) is 7.78. The van der Waals surface area contributed by atoms with Crippen LogP contribution in [0.1, 0.15) is 18.1 Å². The molecule has 5 nitrogen and oxygen atoms in total. The summed E-state index contributed by atoms with van der Waals surface area (Å²) in [6.45, 7) is 2.49. The molecule has 0 bridgehead atoms. The van der Waals surface area contributed by atoms with Crippen molar-refractivity contribution in [3.8, 4) is 11.5 Å². The Morgan fingerprint density at radius 2 is 2.00 bits per heavy atom. The Morgan fingerprint density at radius 3 is 2.72 bits per heavy atom. The summed E-state index contributed by atoms with van der Waals surface area (Å²) in [5, 5.41) is 7.21. The zero-order chi connectivity index (χ0) is 18.1. The molecule has 0 unspecified atom stereocenters. The van der Waals surface area contributed by atoms with Crippen LogP contribution < -0.4 is 20.2 Å². The Kier molecular flexibility index (Phi) is 7.16. The van der Waals surface area contributed by atoms with Gasteiger partial charge in [0, 0.05) is 12.6 Å². The van der Waals surface area contributed by atoms with Crippen LogP contribution in [0, 0.1) is 5.82 Å². The second kappa shape index (κ2) is 9.58. The predicted molar refractivity (Wildman–Crippen MR) is 101 cm³/mol. The second-order valence-corrected chi connectivity index (χ2v) is 5.38. The predicted octanol–water partition coefficient (Wildman–Crippen LogP) is 3.23. The molecule has 0 aliphatic heterocycles. The average molecular weight is 361 g/mol. The third-order valence-corrected chi connectivity index (χ3v) is 3.51. The summed E-state index contributed by atoms with van der Waals surface area (Å²) in [6, 6.07) is 11.9. The van der Waals surface area contributed by atoms with E-state index in [4.69, 9.17) is 21.7 Å². The molecule has 2 N–H and O–H groups in total. The smallest absolute Gasteiger partial charge is 0.186 e. The minimum absolute atomic E-state index is 0.123. The van der Waals surface area contributed by atoms with Crippen molar-refractivity contribution in [3.05, 3.63) is 59.4 Å². The van der Waals surface area contributed by atoms with E-state index in [0.717, 1.165) is 5.56 Å². The standard InChI is InChI=1S/C18H20FN3O2S/c1-3-23-17-10-13(11-21-22-18(25)20-2)8-9-16(17)24-12-14-6-4-5-7-15(14)19/h4-11H,3,12H2,1-2H3,(H2,20,22,25). The number of nitrogens with one attached hydrogen (secondary N) is 2. The summed E-state index contributed by atoms with van der Waals surface area (Å²) in [7, 11) is 1.71. The van der Waals surface area contributed by atoms with Crippen LogP contribution in [-0.2, 0) is 6.61 Å². The highest BCUT2D eigenvalue weighted by Crippen LogP contribution is 2.29. The molecule has 2 rings (SSSR count). The molecule has 0 saturated carbocycles. The quantitative estimate of drug-likeness (QED) is 0.450. The first-order chi connectivity index (χ1) is 12.1. The molecule has 2 aromatic carbocycles. The van der Waals surface area contributed by atoms with Gasteiger partial charge in [0.1, 0.15) is 12.4 Å². The third kappa shape index (κ3) is 5.72. The van der Waals surface area contributed by atoms with Crippen LogP contribution in [0.4, 0.5) is 4.39 Å². The normalized spacial score (nSPS) is 10.5. The van der Waals surface area contributed by atoms with Gasteiger partial charge in [-0.15, -0.1) is 0 Å². The van der Waals surface area contributed by atoms with Gasteiger partial charge in [0.05, 0.1) is 12.8 Å². The van der Waals surface area contributed by atoms with Crippen LogP contribution in [0.2, 0.25) is 0 Å². The third-order valence-electron chi connectivity index (χ3n) is 3.22. The number of ether oxygens (including phenoxy) is 2. The molecule has 0 aromatic heterocycles. The summed E-state index contributed by atoms with van der Waals surface area (Å²) in [5.41, 5.74) is 3.98. The molecule has 0 radical (unpaired) electrons. The van der Waals surface area contributed by atoms with Crippen molar-refractivity contribution in [2.24, 2.45) is 5.10 Å². The van der Waals surface area contributed by atoms with Crippen molar-refractivity contribution < 1.29 is 13.9 Å². The summed E-state index contributed by atoms with van der Waals surface area (Å²) in [5.74, 6) is 0.815. The fraction of sp³-hybridized carbons (Fsp3) is 0.222. The van der Waals surface area contributed by atoms with Gasteiger partial charge in [-0.2, -0.15) is 5.10 Å². The van der Waals surface area contributed by atoms with Gasteiger partial charge in [0.15, 0.2) is 16.6 Å². The van der Waals surface area contributed by atoms with Crippen molar-refractivity contribution in [2.75, 3.05) is 13.7 Å². The van der Waals surface area contributed by atoms with E-state index in [2.05, 4.69) is 15.8 Å². The van der Waals surface area contributed by atoms with E-state index in [0.29, 0.717) is 28.8 Å². The number of rotatable bonds is 7. The van der Waals surface area contributed by atoms with Gasteiger partial charge in [-0.25, -0.2) is 4.39 Å². The fourth-order valence-electron chi connectivity index (χ4n) is 1.98. The Bertz CT molecular complexity index is 753. The van der Waals surface area contributed by atoms with E-state index < -0.39 is 0 Å². The molecule has 0 amide bonds. The summed E-state index contributed by atoms with van der Waals surface area (Å²) in [6.07, 6.45) is 1.62. The van der Waals surface area contributed by atoms with Gasteiger partial charge in [-0.05, 0) is 49.0 Å². The highest BCUT2D eigenvalue weighted by atomic mass is 32.1. The van der Waals surface area contributed by atoms with Crippen molar-refractivity contribution in [2.45, 2.75) is 13.5 Å². The first-order valence-corrected chi connectivity index (χ1v) is 8.18. The highest BCUT2D eigenvalue weighted by molar-refractivity contribution is 7.80. The summed E-state index contributed by atoms with van der Waals surface area (Å²) >= 11 is 4.94. The zero-order valence-corrected chi connectivity index (χ0v) is 14.9. The van der Waals surface area contributed by atoms with Gasteiger partial charge in [0.25, 0.3) is 0 Å². The lowest BCUT2D eigenvalue weighted by Crippen LogP contribution is -2.28. The molecule has 0 aliphatic carbocycles. The van der Waals surface area contributed by atoms with Crippen molar-refractivity contribution in [3.63, 3.8) is 0 Å². The molecular weight excluding hydrogens is 341 g/mol. The lowest BCUT2D eigenvalue weighted by Gasteiger charge is -2.13. The molecule has 132 valence electrons. The largest absolute Gasteiger partial charge is 0.490 e. The molecule has 0 saturated heterocycles. The first kappa shape index (κ1) is 18.7. The number of thiocarbonyl (C=S) groups is 1. The van der Waals surface area contributed by atoms with E-state index in [1.165, 1.54) is 6.07 Å².